The number of hydrogen-bond donors (Lipinski definition) is 0. The normalized spacial score (nSPS) is 13.0. The Bertz CT molecular complexity index is 1070. The van der Waals surface area contributed by atoms with E-state index in [1.165, 1.54) is 11.8 Å². The highest BCUT2D eigenvalue weighted by atomic mass is 32.2. The molecule has 0 saturated carbocycles. The maximum atomic E-state index is 12.5. The SMILES string of the molecule is COc1ccc(C2=NN=C(SCC(=O)c3ccccc3)c3ccccc3C2)cc1. The van der Waals surface area contributed by atoms with Gasteiger partial charge in [0.15, 0.2) is 5.78 Å². The van der Waals surface area contributed by atoms with E-state index in [1.807, 2.05) is 72.8 Å². The molecule has 0 aromatic heterocycles. The highest BCUT2D eigenvalue weighted by molar-refractivity contribution is 8.15. The molecular formula is C24H20N2O2S. The van der Waals surface area contributed by atoms with Crippen LogP contribution in [0.15, 0.2) is 89.1 Å². The number of thioether (sulfide) groups is 1. The first-order valence-electron chi connectivity index (χ1n) is 9.33. The van der Waals surface area contributed by atoms with Gasteiger partial charge in [0.1, 0.15) is 10.8 Å². The molecule has 29 heavy (non-hydrogen) atoms. The summed E-state index contributed by atoms with van der Waals surface area (Å²) in [5, 5.41) is 9.81. The molecule has 0 N–H and O–H groups in total. The van der Waals surface area contributed by atoms with Gasteiger partial charge in [-0.3, -0.25) is 4.79 Å². The van der Waals surface area contributed by atoms with Gasteiger partial charge in [0.25, 0.3) is 0 Å². The molecule has 0 atom stereocenters. The Balaban J connectivity index is 1.60. The van der Waals surface area contributed by atoms with Crippen LogP contribution in [0.5, 0.6) is 5.75 Å². The fraction of sp³-hybridized carbons (Fsp3) is 0.125. The number of nitrogens with zero attached hydrogens (tertiary/aromatic N) is 2. The first-order valence-corrected chi connectivity index (χ1v) is 10.3. The molecule has 5 heteroatoms. The maximum Gasteiger partial charge on any atom is 0.173 e. The molecule has 0 bridgehead atoms. The van der Waals surface area contributed by atoms with Crippen molar-refractivity contribution in [1.29, 1.82) is 0 Å². The lowest BCUT2D eigenvalue weighted by Crippen LogP contribution is -2.08. The van der Waals surface area contributed by atoms with Crippen LogP contribution in [0.25, 0.3) is 0 Å². The van der Waals surface area contributed by atoms with Gasteiger partial charge in [-0.25, -0.2) is 0 Å². The van der Waals surface area contributed by atoms with Gasteiger partial charge in [0.05, 0.1) is 18.6 Å². The standard InChI is InChI=1S/C24H20N2O2S/c1-28-20-13-11-17(12-14-20)22-15-19-9-5-6-10-21(19)24(26-25-22)29-16-23(27)18-7-3-2-4-8-18/h2-14H,15-16H2,1H3. The lowest BCUT2D eigenvalue weighted by atomic mass is 9.99. The fourth-order valence-corrected chi connectivity index (χ4v) is 4.04. The van der Waals surface area contributed by atoms with E-state index >= 15 is 0 Å². The number of ether oxygens (including phenoxy) is 1. The molecule has 4 nitrogen and oxygen atoms in total. The van der Waals surface area contributed by atoms with Crippen LogP contribution in [-0.2, 0) is 6.42 Å². The molecule has 1 aliphatic rings. The number of hydrogen-bond acceptors (Lipinski definition) is 5. The van der Waals surface area contributed by atoms with Gasteiger partial charge in [0, 0.05) is 17.5 Å². The zero-order chi connectivity index (χ0) is 20.1. The fourth-order valence-electron chi connectivity index (χ4n) is 3.15. The van der Waals surface area contributed by atoms with Crippen LogP contribution >= 0.6 is 11.8 Å². The van der Waals surface area contributed by atoms with Crippen molar-refractivity contribution in [1.82, 2.24) is 0 Å². The summed E-state index contributed by atoms with van der Waals surface area (Å²) in [6.07, 6.45) is 0.683. The van der Waals surface area contributed by atoms with Gasteiger partial charge in [0.2, 0.25) is 0 Å². The van der Waals surface area contributed by atoms with Crippen molar-refractivity contribution in [2.75, 3.05) is 12.9 Å². The van der Waals surface area contributed by atoms with Crippen LogP contribution in [0, 0.1) is 0 Å². The van der Waals surface area contributed by atoms with Gasteiger partial charge in [-0.1, -0.05) is 66.4 Å². The van der Waals surface area contributed by atoms with Crippen molar-refractivity contribution >= 4 is 28.3 Å². The molecule has 0 fully saturated rings. The van der Waals surface area contributed by atoms with Crippen LogP contribution < -0.4 is 4.74 Å². The molecule has 1 aliphatic heterocycles. The summed E-state index contributed by atoms with van der Waals surface area (Å²) in [6.45, 7) is 0. The summed E-state index contributed by atoms with van der Waals surface area (Å²) in [5.74, 6) is 1.21. The summed E-state index contributed by atoms with van der Waals surface area (Å²) in [6, 6.07) is 25.3. The lowest BCUT2D eigenvalue weighted by molar-refractivity contribution is 0.102. The number of fused-ring (bicyclic) bond motifs is 1. The average Bonchev–Trinajstić information content (AvgIpc) is 2.97. The molecular weight excluding hydrogens is 380 g/mol. The molecule has 0 unspecified atom stereocenters. The monoisotopic (exact) mass is 400 g/mol. The van der Waals surface area contributed by atoms with Gasteiger partial charge >= 0.3 is 0 Å². The van der Waals surface area contributed by atoms with Crippen LogP contribution in [0.1, 0.15) is 27.0 Å². The van der Waals surface area contributed by atoms with Gasteiger partial charge in [-0.2, -0.15) is 5.10 Å². The topological polar surface area (TPSA) is 51.0 Å². The second-order valence-electron chi connectivity index (χ2n) is 6.59. The summed E-state index contributed by atoms with van der Waals surface area (Å²) in [5.41, 5.74) is 4.80. The van der Waals surface area contributed by atoms with Crippen LogP contribution in [0.2, 0.25) is 0 Å². The summed E-state index contributed by atoms with van der Waals surface area (Å²) in [4.78, 5) is 12.5. The van der Waals surface area contributed by atoms with Crippen molar-refractivity contribution in [2.24, 2.45) is 10.2 Å². The molecule has 4 rings (SSSR count). The molecule has 0 aliphatic carbocycles. The zero-order valence-electron chi connectivity index (χ0n) is 16.0. The minimum atomic E-state index is 0.0828. The number of rotatable bonds is 5. The first-order chi connectivity index (χ1) is 14.2. The van der Waals surface area contributed by atoms with Crippen molar-refractivity contribution in [3.05, 3.63) is 101 Å². The van der Waals surface area contributed by atoms with Gasteiger partial charge in [-0.15, -0.1) is 5.10 Å². The maximum absolute atomic E-state index is 12.5. The Morgan fingerprint density at radius 2 is 1.66 bits per heavy atom. The zero-order valence-corrected chi connectivity index (χ0v) is 16.9. The van der Waals surface area contributed by atoms with Crippen molar-refractivity contribution < 1.29 is 9.53 Å². The molecule has 0 amide bonds. The number of carbonyl (C=O) groups is 1. The third-order valence-corrected chi connectivity index (χ3v) is 5.71. The van der Waals surface area contributed by atoms with E-state index in [4.69, 9.17) is 4.74 Å². The predicted molar refractivity (Wildman–Crippen MR) is 119 cm³/mol. The molecule has 144 valence electrons. The molecule has 0 radical (unpaired) electrons. The van der Waals surface area contributed by atoms with E-state index < -0.39 is 0 Å². The van der Waals surface area contributed by atoms with Crippen LogP contribution in [0.4, 0.5) is 0 Å². The van der Waals surface area contributed by atoms with E-state index in [0.717, 1.165) is 33.2 Å². The molecule has 1 heterocycles. The Kier molecular flexibility index (Phi) is 5.86. The Hall–Kier alpha value is -3.18. The predicted octanol–water partition coefficient (Wildman–Crippen LogP) is 5.02. The Labute approximate surface area is 174 Å². The number of ketones is 1. The summed E-state index contributed by atoms with van der Waals surface area (Å²) < 4.78 is 5.24. The van der Waals surface area contributed by atoms with E-state index in [2.05, 4.69) is 16.3 Å². The lowest BCUT2D eigenvalue weighted by Gasteiger charge is -2.09. The second kappa shape index (κ2) is 8.88. The number of carbonyl (C=O) groups excluding carboxylic acids is 1. The smallest absolute Gasteiger partial charge is 0.173 e. The minimum Gasteiger partial charge on any atom is -0.497 e. The van der Waals surface area contributed by atoms with Gasteiger partial charge < -0.3 is 4.74 Å². The quantitative estimate of drug-likeness (QED) is 0.565. The molecule has 0 spiro atoms. The third-order valence-electron chi connectivity index (χ3n) is 4.73. The largest absolute Gasteiger partial charge is 0.497 e. The molecule has 3 aromatic rings. The van der Waals surface area contributed by atoms with E-state index in [9.17, 15) is 4.79 Å². The van der Waals surface area contributed by atoms with E-state index in [-0.39, 0.29) is 5.78 Å². The number of benzene rings is 3. The Morgan fingerprint density at radius 1 is 0.931 bits per heavy atom. The first kappa shape index (κ1) is 19.2. The Morgan fingerprint density at radius 3 is 2.41 bits per heavy atom. The van der Waals surface area contributed by atoms with Crippen molar-refractivity contribution in [3.63, 3.8) is 0 Å². The number of methoxy groups -OCH3 is 1. The molecule has 3 aromatic carbocycles. The molecule has 0 saturated heterocycles. The second-order valence-corrected chi connectivity index (χ2v) is 7.56. The van der Waals surface area contributed by atoms with Gasteiger partial charge in [-0.05, 0) is 35.4 Å². The van der Waals surface area contributed by atoms with E-state index in [0.29, 0.717) is 17.7 Å². The highest BCUT2D eigenvalue weighted by Crippen LogP contribution is 2.24. The average molecular weight is 401 g/mol. The van der Waals surface area contributed by atoms with Crippen molar-refractivity contribution in [3.8, 4) is 5.75 Å². The summed E-state index contributed by atoms with van der Waals surface area (Å²) in [7, 11) is 1.65. The van der Waals surface area contributed by atoms with E-state index in [1.54, 1.807) is 7.11 Å². The van der Waals surface area contributed by atoms with Crippen LogP contribution in [0.3, 0.4) is 0 Å². The van der Waals surface area contributed by atoms with Crippen molar-refractivity contribution in [2.45, 2.75) is 6.42 Å². The highest BCUT2D eigenvalue weighted by Gasteiger charge is 2.18. The number of Topliss-reactive ketones (excluding diaryl/α,β-unsaturated/α-hetero) is 1. The minimum absolute atomic E-state index is 0.0828. The summed E-state index contributed by atoms with van der Waals surface area (Å²) >= 11 is 1.43. The van der Waals surface area contributed by atoms with Crippen LogP contribution in [-0.4, -0.2) is 29.4 Å². The third kappa shape index (κ3) is 4.46.